The summed E-state index contributed by atoms with van der Waals surface area (Å²) < 4.78 is 16.5. The SMILES string of the molecule is COc1cc(CN2[C@@H]3[C@H]4[C@H]5[C@@H]6C[C@@H]7[C@H]5[C@H]4[C@]2(O)[C@@H]7[C@@H]63)cc(OC)c1OC. The highest BCUT2D eigenvalue weighted by atomic mass is 16.5. The van der Waals surface area contributed by atoms with Gasteiger partial charge in [0.25, 0.3) is 0 Å². The van der Waals surface area contributed by atoms with E-state index in [0.29, 0.717) is 35.1 Å². The minimum atomic E-state index is -0.544. The van der Waals surface area contributed by atoms with Crippen LogP contribution in [0.1, 0.15) is 12.0 Å². The van der Waals surface area contributed by atoms with Crippen molar-refractivity contribution in [2.75, 3.05) is 21.3 Å². The second kappa shape index (κ2) is 4.17. The fourth-order valence-electron chi connectivity index (χ4n) is 9.19. The zero-order valence-electron chi connectivity index (χ0n) is 15.4. The molecule has 0 radical (unpaired) electrons. The quantitative estimate of drug-likeness (QED) is 0.875. The van der Waals surface area contributed by atoms with Crippen LogP contribution in [-0.2, 0) is 6.54 Å². The first-order valence-corrected chi connectivity index (χ1v) is 9.93. The molecule has 5 heteroatoms. The average molecular weight is 355 g/mol. The van der Waals surface area contributed by atoms with Crippen molar-refractivity contribution in [3.05, 3.63) is 17.7 Å². The van der Waals surface area contributed by atoms with Gasteiger partial charge in [0.05, 0.1) is 21.3 Å². The minimum absolute atomic E-state index is 0.544. The smallest absolute Gasteiger partial charge is 0.203 e. The summed E-state index contributed by atoms with van der Waals surface area (Å²) in [5.74, 6) is 8.16. The van der Waals surface area contributed by atoms with Gasteiger partial charge >= 0.3 is 0 Å². The number of methoxy groups -OCH3 is 3. The van der Waals surface area contributed by atoms with Crippen LogP contribution in [0.5, 0.6) is 17.2 Å². The Kier molecular flexibility index (Phi) is 2.34. The number of hydrogen-bond acceptors (Lipinski definition) is 5. The van der Waals surface area contributed by atoms with Gasteiger partial charge in [-0.25, -0.2) is 0 Å². The summed E-state index contributed by atoms with van der Waals surface area (Å²) in [5.41, 5.74) is 0.589. The van der Waals surface area contributed by atoms with E-state index in [1.165, 1.54) is 6.42 Å². The molecule has 1 N–H and O–H groups in total. The van der Waals surface area contributed by atoms with Crippen molar-refractivity contribution in [2.45, 2.75) is 24.7 Å². The molecule has 4 bridgehead atoms. The van der Waals surface area contributed by atoms with Crippen LogP contribution in [0, 0.1) is 47.3 Å². The molecule has 10 atom stereocenters. The van der Waals surface area contributed by atoms with Crippen molar-refractivity contribution >= 4 is 0 Å². The van der Waals surface area contributed by atoms with E-state index in [0.717, 1.165) is 47.6 Å². The summed E-state index contributed by atoms with van der Waals surface area (Å²) in [4.78, 5) is 2.48. The molecule has 0 unspecified atom stereocenters. The third-order valence-electron chi connectivity index (χ3n) is 9.29. The van der Waals surface area contributed by atoms with E-state index >= 15 is 0 Å². The van der Waals surface area contributed by atoms with Crippen molar-refractivity contribution in [1.82, 2.24) is 4.90 Å². The molecule has 7 fully saturated rings. The van der Waals surface area contributed by atoms with Gasteiger partial charge in [0.1, 0.15) is 5.72 Å². The van der Waals surface area contributed by atoms with E-state index in [4.69, 9.17) is 14.2 Å². The Bertz CT molecular complexity index is 816. The number of nitrogens with zero attached hydrogens (tertiary/aromatic N) is 1. The molecule has 2 heterocycles. The number of ether oxygens (including phenoxy) is 3. The van der Waals surface area contributed by atoms with Gasteiger partial charge in [-0.2, -0.15) is 0 Å². The number of hydrogen-bond donors (Lipinski definition) is 1. The number of benzene rings is 1. The van der Waals surface area contributed by atoms with E-state index in [1.807, 2.05) is 12.1 Å². The molecule has 0 amide bonds. The Morgan fingerprint density at radius 3 is 2.35 bits per heavy atom. The molecular weight excluding hydrogens is 330 g/mol. The second-order valence-corrected chi connectivity index (χ2v) is 9.36. The topological polar surface area (TPSA) is 51.2 Å². The molecule has 7 aliphatic rings. The summed E-state index contributed by atoms with van der Waals surface area (Å²) >= 11 is 0. The van der Waals surface area contributed by atoms with Crippen LogP contribution in [0.3, 0.4) is 0 Å². The summed E-state index contributed by atoms with van der Waals surface area (Å²) in [7, 11) is 4.95. The molecule has 2 aliphatic heterocycles. The molecule has 0 aromatic heterocycles. The summed E-state index contributed by atoms with van der Waals surface area (Å²) in [6.45, 7) is 0.775. The van der Waals surface area contributed by atoms with Gasteiger partial charge in [0.15, 0.2) is 11.5 Å². The minimum Gasteiger partial charge on any atom is -0.493 e. The lowest BCUT2D eigenvalue weighted by Gasteiger charge is -2.45. The maximum absolute atomic E-state index is 11.8. The summed E-state index contributed by atoms with van der Waals surface area (Å²) in [6.07, 6.45) is 1.41. The average Bonchev–Trinajstić information content (AvgIpc) is 3.28. The molecule has 2 saturated heterocycles. The third kappa shape index (κ3) is 1.17. The molecule has 8 rings (SSSR count). The zero-order valence-corrected chi connectivity index (χ0v) is 15.4. The van der Waals surface area contributed by atoms with Crippen LogP contribution in [-0.4, -0.2) is 43.1 Å². The highest BCUT2D eigenvalue weighted by Gasteiger charge is 2.93. The molecule has 5 aliphatic carbocycles. The van der Waals surface area contributed by atoms with Gasteiger partial charge in [0, 0.05) is 24.4 Å². The van der Waals surface area contributed by atoms with E-state index in [1.54, 1.807) is 21.3 Å². The molecule has 0 spiro atoms. The largest absolute Gasteiger partial charge is 0.493 e. The van der Waals surface area contributed by atoms with E-state index in [-0.39, 0.29) is 0 Å². The van der Waals surface area contributed by atoms with Gasteiger partial charge in [0.2, 0.25) is 5.75 Å². The van der Waals surface area contributed by atoms with Gasteiger partial charge in [-0.15, -0.1) is 0 Å². The monoisotopic (exact) mass is 355 g/mol. The maximum atomic E-state index is 11.8. The van der Waals surface area contributed by atoms with Crippen molar-refractivity contribution in [1.29, 1.82) is 0 Å². The molecule has 5 saturated carbocycles. The van der Waals surface area contributed by atoms with Crippen LogP contribution in [0.15, 0.2) is 12.1 Å². The van der Waals surface area contributed by atoms with Crippen molar-refractivity contribution in [2.24, 2.45) is 47.3 Å². The molecule has 1 aromatic rings. The Morgan fingerprint density at radius 1 is 0.962 bits per heavy atom. The van der Waals surface area contributed by atoms with Crippen molar-refractivity contribution in [3.8, 4) is 17.2 Å². The fraction of sp³-hybridized carbons (Fsp3) is 0.714. The van der Waals surface area contributed by atoms with Crippen LogP contribution in [0.25, 0.3) is 0 Å². The Labute approximate surface area is 153 Å². The highest BCUT2D eigenvalue weighted by Crippen LogP contribution is 2.90. The first-order chi connectivity index (χ1) is 12.6. The lowest BCUT2D eigenvalue weighted by Crippen LogP contribution is -2.50. The van der Waals surface area contributed by atoms with E-state index in [2.05, 4.69) is 4.90 Å². The number of aliphatic hydroxyl groups is 1. The third-order valence-corrected chi connectivity index (χ3v) is 9.29. The Balaban J connectivity index is 1.29. The first-order valence-electron chi connectivity index (χ1n) is 9.93. The van der Waals surface area contributed by atoms with Crippen LogP contribution >= 0.6 is 0 Å². The lowest BCUT2D eigenvalue weighted by molar-refractivity contribution is -0.134. The molecule has 5 nitrogen and oxygen atoms in total. The Morgan fingerprint density at radius 2 is 1.69 bits per heavy atom. The molecular formula is C21H25NO4. The molecule has 138 valence electrons. The predicted molar refractivity (Wildman–Crippen MR) is 92.9 cm³/mol. The van der Waals surface area contributed by atoms with Crippen LogP contribution in [0.4, 0.5) is 0 Å². The summed E-state index contributed by atoms with van der Waals surface area (Å²) in [5, 5.41) is 11.8. The molecule has 1 aromatic carbocycles. The Hall–Kier alpha value is -1.46. The van der Waals surface area contributed by atoms with Gasteiger partial charge < -0.3 is 19.3 Å². The fourth-order valence-corrected chi connectivity index (χ4v) is 9.19. The summed E-state index contributed by atoms with van der Waals surface area (Å²) in [6, 6.07) is 4.69. The predicted octanol–water partition coefficient (Wildman–Crippen LogP) is 1.97. The normalized spacial score (nSPS) is 53.0. The van der Waals surface area contributed by atoms with Gasteiger partial charge in [-0.3, -0.25) is 4.90 Å². The van der Waals surface area contributed by atoms with Crippen molar-refractivity contribution in [3.63, 3.8) is 0 Å². The first kappa shape index (κ1) is 14.6. The van der Waals surface area contributed by atoms with Crippen LogP contribution < -0.4 is 14.2 Å². The van der Waals surface area contributed by atoms with Gasteiger partial charge in [-0.05, 0) is 59.6 Å². The van der Waals surface area contributed by atoms with E-state index in [9.17, 15) is 5.11 Å². The zero-order chi connectivity index (χ0) is 17.5. The van der Waals surface area contributed by atoms with Crippen molar-refractivity contribution < 1.29 is 19.3 Å². The van der Waals surface area contributed by atoms with Gasteiger partial charge in [-0.1, -0.05) is 0 Å². The van der Waals surface area contributed by atoms with Crippen LogP contribution in [0.2, 0.25) is 0 Å². The standard InChI is InChI=1S/C21H25NO4/c1-24-11-4-8(5-12(25-2)20(11)26-3)7-22-19-15-9-6-10-14-13(9)16(19)18(14)21(22,23)17(10)15/h4-5,9-10,13-19,23H,6-7H2,1-3H3/t9-,10+,13-,14+,15+,16-,17-,18+,19-,21+/m0/s1. The molecule has 26 heavy (non-hydrogen) atoms. The second-order valence-electron chi connectivity index (χ2n) is 9.36. The lowest BCUT2D eigenvalue weighted by atomic mass is 9.59. The maximum Gasteiger partial charge on any atom is 0.203 e. The van der Waals surface area contributed by atoms with E-state index < -0.39 is 5.72 Å². The number of rotatable bonds is 5. The highest BCUT2D eigenvalue weighted by molar-refractivity contribution is 5.54.